The summed E-state index contributed by atoms with van der Waals surface area (Å²) in [5.41, 5.74) is 7.12. The SMILES string of the molecule is Cc1cc(C)nc(SCc2ccc(C(=O)NN=Cc3ccsc3)cc2)n1. The van der Waals surface area contributed by atoms with Crippen molar-refractivity contribution < 1.29 is 4.79 Å². The normalized spacial score (nSPS) is 11.0. The van der Waals surface area contributed by atoms with E-state index in [9.17, 15) is 4.79 Å². The molecule has 0 bridgehead atoms. The maximum absolute atomic E-state index is 12.1. The van der Waals surface area contributed by atoms with Gasteiger partial charge in [-0.1, -0.05) is 23.9 Å². The predicted molar refractivity (Wildman–Crippen MR) is 107 cm³/mol. The number of aryl methyl sites for hydroxylation is 2. The highest BCUT2D eigenvalue weighted by molar-refractivity contribution is 7.98. The lowest BCUT2D eigenvalue weighted by Gasteiger charge is -2.04. The Kier molecular flexibility index (Phi) is 6.14. The number of amides is 1. The molecule has 0 saturated carbocycles. The molecule has 0 fully saturated rings. The van der Waals surface area contributed by atoms with Gasteiger partial charge in [-0.25, -0.2) is 15.4 Å². The zero-order valence-electron chi connectivity index (χ0n) is 14.5. The minimum Gasteiger partial charge on any atom is -0.267 e. The number of carbonyl (C=O) groups excluding carboxylic acids is 1. The van der Waals surface area contributed by atoms with Gasteiger partial charge in [0.2, 0.25) is 0 Å². The molecule has 0 aliphatic heterocycles. The maximum Gasteiger partial charge on any atom is 0.271 e. The van der Waals surface area contributed by atoms with Gasteiger partial charge in [0.25, 0.3) is 5.91 Å². The molecule has 2 aromatic heterocycles. The van der Waals surface area contributed by atoms with Crippen LogP contribution in [0.2, 0.25) is 0 Å². The fourth-order valence-electron chi connectivity index (χ4n) is 2.24. The molecule has 0 spiro atoms. The third-order valence-corrected chi connectivity index (χ3v) is 5.09. The lowest BCUT2D eigenvalue weighted by molar-refractivity contribution is 0.0955. The van der Waals surface area contributed by atoms with Crippen molar-refractivity contribution in [3.05, 3.63) is 75.2 Å². The van der Waals surface area contributed by atoms with Crippen molar-refractivity contribution in [2.24, 2.45) is 5.10 Å². The number of aromatic nitrogens is 2. The van der Waals surface area contributed by atoms with Crippen LogP contribution in [0.3, 0.4) is 0 Å². The molecule has 5 nitrogen and oxygen atoms in total. The highest BCUT2D eigenvalue weighted by Gasteiger charge is 2.05. The fraction of sp³-hybridized carbons (Fsp3) is 0.158. The molecule has 0 atom stereocenters. The number of hydrogen-bond donors (Lipinski definition) is 1. The summed E-state index contributed by atoms with van der Waals surface area (Å²) in [7, 11) is 0. The number of rotatable bonds is 6. The van der Waals surface area contributed by atoms with Gasteiger partial charge in [0, 0.05) is 28.3 Å². The molecule has 26 heavy (non-hydrogen) atoms. The van der Waals surface area contributed by atoms with Crippen LogP contribution in [0.5, 0.6) is 0 Å². The summed E-state index contributed by atoms with van der Waals surface area (Å²) in [5.74, 6) is 0.523. The summed E-state index contributed by atoms with van der Waals surface area (Å²) in [6.45, 7) is 3.93. The highest BCUT2D eigenvalue weighted by atomic mass is 32.2. The van der Waals surface area contributed by atoms with E-state index in [1.807, 2.05) is 48.9 Å². The molecule has 1 aromatic carbocycles. The first-order chi connectivity index (χ1) is 12.6. The fourth-order valence-corrected chi connectivity index (χ4v) is 3.75. The van der Waals surface area contributed by atoms with Crippen LogP contribution in [-0.2, 0) is 5.75 Å². The Morgan fingerprint density at radius 3 is 2.58 bits per heavy atom. The van der Waals surface area contributed by atoms with Crippen molar-refractivity contribution in [1.82, 2.24) is 15.4 Å². The van der Waals surface area contributed by atoms with Crippen LogP contribution in [0, 0.1) is 13.8 Å². The molecule has 0 saturated heterocycles. The second-order valence-electron chi connectivity index (χ2n) is 5.67. The highest BCUT2D eigenvalue weighted by Crippen LogP contribution is 2.20. The van der Waals surface area contributed by atoms with E-state index in [0.29, 0.717) is 5.56 Å². The van der Waals surface area contributed by atoms with E-state index in [-0.39, 0.29) is 5.91 Å². The van der Waals surface area contributed by atoms with E-state index >= 15 is 0 Å². The molecular formula is C19H18N4OS2. The van der Waals surface area contributed by atoms with Gasteiger partial charge in [-0.2, -0.15) is 16.4 Å². The van der Waals surface area contributed by atoms with Crippen molar-refractivity contribution in [3.63, 3.8) is 0 Å². The summed E-state index contributed by atoms with van der Waals surface area (Å²) in [6.07, 6.45) is 1.63. The van der Waals surface area contributed by atoms with E-state index in [1.54, 1.807) is 41.4 Å². The number of nitrogens with zero attached hydrogens (tertiary/aromatic N) is 3. The first-order valence-corrected chi connectivity index (χ1v) is 9.92. The molecule has 1 amide bonds. The molecule has 7 heteroatoms. The number of thioether (sulfide) groups is 1. The smallest absolute Gasteiger partial charge is 0.267 e. The summed E-state index contributed by atoms with van der Waals surface area (Å²) in [5, 5.41) is 8.66. The van der Waals surface area contributed by atoms with Crippen LogP contribution in [0.25, 0.3) is 0 Å². The van der Waals surface area contributed by atoms with Crippen LogP contribution < -0.4 is 5.43 Å². The predicted octanol–water partition coefficient (Wildman–Crippen LogP) is 4.21. The summed E-state index contributed by atoms with van der Waals surface area (Å²) < 4.78 is 0. The van der Waals surface area contributed by atoms with Crippen LogP contribution in [0.1, 0.15) is 32.9 Å². The molecular weight excluding hydrogens is 364 g/mol. The molecule has 3 rings (SSSR count). The van der Waals surface area contributed by atoms with Crippen LogP contribution in [0.4, 0.5) is 0 Å². The van der Waals surface area contributed by atoms with Crippen molar-refractivity contribution in [2.45, 2.75) is 24.8 Å². The average molecular weight is 383 g/mol. The van der Waals surface area contributed by atoms with Crippen LogP contribution >= 0.6 is 23.1 Å². The quantitative estimate of drug-likeness (QED) is 0.300. The number of nitrogens with one attached hydrogen (secondary N) is 1. The first-order valence-electron chi connectivity index (χ1n) is 8.00. The second-order valence-corrected chi connectivity index (χ2v) is 7.40. The average Bonchev–Trinajstić information content (AvgIpc) is 3.13. The molecule has 132 valence electrons. The number of carbonyl (C=O) groups is 1. The van der Waals surface area contributed by atoms with Crippen molar-refractivity contribution in [3.8, 4) is 0 Å². The zero-order valence-corrected chi connectivity index (χ0v) is 16.1. The standard InChI is InChI=1S/C19H18N4OS2/c1-13-9-14(2)22-19(21-13)26-12-15-3-5-17(6-4-15)18(24)23-20-10-16-7-8-25-11-16/h3-11H,12H2,1-2H3,(H,23,24). The third-order valence-electron chi connectivity index (χ3n) is 3.47. The van der Waals surface area contributed by atoms with E-state index in [2.05, 4.69) is 20.5 Å². The lowest BCUT2D eigenvalue weighted by Crippen LogP contribution is -2.17. The molecule has 2 heterocycles. The number of thiophene rings is 1. The molecule has 0 radical (unpaired) electrons. The van der Waals surface area contributed by atoms with Crippen molar-refractivity contribution in [2.75, 3.05) is 0 Å². The largest absolute Gasteiger partial charge is 0.271 e. The van der Waals surface area contributed by atoms with Gasteiger partial charge in [0.05, 0.1) is 6.21 Å². The van der Waals surface area contributed by atoms with Gasteiger partial charge in [-0.15, -0.1) is 0 Å². The molecule has 1 N–H and O–H groups in total. The summed E-state index contributed by atoms with van der Waals surface area (Å²) in [6, 6.07) is 11.4. The Balaban J connectivity index is 1.55. The number of benzene rings is 1. The van der Waals surface area contributed by atoms with Crippen LogP contribution in [0.15, 0.2) is 57.4 Å². The van der Waals surface area contributed by atoms with E-state index in [1.165, 1.54) is 0 Å². The summed E-state index contributed by atoms with van der Waals surface area (Å²) in [4.78, 5) is 20.9. The molecule has 0 aliphatic carbocycles. The van der Waals surface area contributed by atoms with E-state index in [0.717, 1.165) is 33.4 Å². The van der Waals surface area contributed by atoms with Crippen molar-refractivity contribution >= 4 is 35.2 Å². The van der Waals surface area contributed by atoms with Gasteiger partial charge in [-0.3, -0.25) is 4.79 Å². The van der Waals surface area contributed by atoms with E-state index < -0.39 is 0 Å². The van der Waals surface area contributed by atoms with E-state index in [4.69, 9.17) is 0 Å². The van der Waals surface area contributed by atoms with Crippen LogP contribution in [-0.4, -0.2) is 22.1 Å². The first kappa shape index (κ1) is 18.3. The van der Waals surface area contributed by atoms with Gasteiger partial charge >= 0.3 is 0 Å². The Hall–Kier alpha value is -2.51. The minimum absolute atomic E-state index is 0.228. The third kappa shape index (κ3) is 5.24. The zero-order chi connectivity index (χ0) is 18.4. The van der Waals surface area contributed by atoms with Gasteiger partial charge < -0.3 is 0 Å². The molecule has 0 aliphatic rings. The van der Waals surface area contributed by atoms with Gasteiger partial charge in [-0.05, 0) is 54.4 Å². The summed E-state index contributed by atoms with van der Waals surface area (Å²) >= 11 is 3.17. The topological polar surface area (TPSA) is 67.2 Å². The number of hydrogen-bond acceptors (Lipinski definition) is 6. The van der Waals surface area contributed by atoms with Crippen molar-refractivity contribution in [1.29, 1.82) is 0 Å². The second kappa shape index (κ2) is 8.73. The Bertz CT molecular complexity index is 886. The number of hydrazone groups is 1. The molecule has 3 aromatic rings. The minimum atomic E-state index is -0.228. The Morgan fingerprint density at radius 1 is 1.19 bits per heavy atom. The molecule has 0 unspecified atom stereocenters. The maximum atomic E-state index is 12.1. The monoisotopic (exact) mass is 382 g/mol. The Labute approximate surface area is 160 Å². The Morgan fingerprint density at radius 2 is 1.92 bits per heavy atom. The van der Waals surface area contributed by atoms with Gasteiger partial charge in [0.1, 0.15) is 0 Å². The lowest BCUT2D eigenvalue weighted by atomic mass is 10.1. The van der Waals surface area contributed by atoms with Gasteiger partial charge in [0.15, 0.2) is 5.16 Å².